The van der Waals surface area contributed by atoms with Gasteiger partial charge >= 0.3 is 0 Å². The summed E-state index contributed by atoms with van der Waals surface area (Å²) in [6, 6.07) is 4.97. The van der Waals surface area contributed by atoms with Crippen molar-refractivity contribution in [3.8, 4) is 5.75 Å². The number of amides is 1. The third-order valence-corrected chi connectivity index (χ3v) is 4.25. The summed E-state index contributed by atoms with van der Waals surface area (Å²) in [5, 5.41) is 13.6. The van der Waals surface area contributed by atoms with Crippen molar-refractivity contribution in [2.45, 2.75) is 72.3 Å². The van der Waals surface area contributed by atoms with Crippen LogP contribution in [0.4, 0.5) is 0 Å². The molecule has 1 aromatic rings. The molecule has 0 aromatic heterocycles. The molecule has 26 heavy (non-hydrogen) atoms. The molecule has 1 atom stereocenters. The summed E-state index contributed by atoms with van der Waals surface area (Å²) < 4.78 is 5.73. The van der Waals surface area contributed by atoms with Crippen molar-refractivity contribution < 1.29 is 19.4 Å². The fourth-order valence-electron chi connectivity index (χ4n) is 2.56. The second-order valence-corrected chi connectivity index (χ2v) is 9.11. The number of rotatable bonds is 6. The molecule has 1 amide bonds. The van der Waals surface area contributed by atoms with Crippen molar-refractivity contribution in [3.63, 3.8) is 0 Å². The molecule has 1 N–H and O–H groups in total. The Kier molecular flexibility index (Phi) is 6.86. The van der Waals surface area contributed by atoms with Crippen LogP contribution in [0.15, 0.2) is 18.2 Å². The Morgan fingerprint density at radius 1 is 1.08 bits per heavy atom. The Labute approximate surface area is 157 Å². The molecule has 0 fully saturated rings. The van der Waals surface area contributed by atoms with Crippen LogP contribution in [-0.4, -0.2) is 24.5 Å². The molecule has 0 aliphatic heterocycles. The van der Waals surface area contributed by atoms with Gasteiger partial charge in [0.05, 0.1) is 12.0 Å². The van der Waals surface area contributed by atoms with Gasteiger partial charge in [-0.15, -0.1) is 0 Å². The van der Waals surface area contributed by atoms with Gasteiger partial charge in [0.1, 0.15) is 5.75 Å². The van der Waals surface area contributed by atoms with E-state index >= 15 is 0 Å². The Bertz CT molecular complexity index is 651. The molecule has 0 bridgehead atoms. The largest absolute Gasteiger partial charge is 0.548 e. The van der Waals surface area contributed by atoms with Crippen LogP contribution in [0, 0.1) is 5.92 Å². The van der Waals surface area contributed by atoms with E-state index in [1.54, 1.807) is 13.8 Å². The number of carbonyl (C=O) groups excluding carboxylic acids is 2. The van der Waals surface area contributed by atoms with Crippen LogP contribution >= 0.6 is 0 Å². The lowest BCUT2D eigenvalue weighted by Gasteiger charge is -2.27. The number of ether oxygens (including phenoxy) is 1. The first-order valence-corrected chi connectivity index (χ1v) is 9.01. The van der Waals surface area contributed by atoms with E-state index < -0.39 is 17.9 Å². The van der Waals surface area contributed by atoms with E-state index in [2.05, 4.69) is 52.9 Å². The van der Waals surface area contributed by atoms with E-state index in [1.165, 1.54) is 5.56 Å². The van der Waals surface area contributed by atoms with Crippen LogP contribution in [0.25, 0.3) is 0 Å². The normalized spacial score (nSPS) is 13.4. The zero-order chi connectivity index (χ0) is 20.3. The minimum Gasteiger partial charge on any atom is -0.548 e. The number of carbonyl (C=O) groups is 2. The van der Waals surface area contributed by atoms with Crippen molar-refractivity contribution in [2.75, 3.05) is 6.61 Å². The number of hydrogen-bond donors (Lipinski definition) is 1. The van der Waals surface area contributed by atoms with Crippen LogP contribution in [0.1, 0.15) is 66.5 Å². The van der Waals surface area contributed by atoms with Crippen molar-refractivity contribution in [3.05, 3.63) is 29.3 Å². The van der Waals surface area contributed by atoms with E-state index in [1.807, 2.05) is 12.1 Å². The monoisotopic (exact) mass is 362 g/mol. The molecular formula is C21H32NO4-. The zero-order valence-corrected chi connectivity index (χ0v) is 17.2. The molecule has 0 radical (unpaired) electrons. The molecule has 5 heteroatoms. The summed E-state index contributed by atoms with van der Waals surface area (Å²) in [7, 11) is 0. The third-order valence-electron chi connectivity index (χ3n) is 4.25. The summed E-state index contributed by atoms with van der Waals surface area (Å²) >= 11 is 0. The summed E-state index contributed by atoms with van der Waals surface area (Å²) in [4.78, 5) is 23.2. The second kappa shape index (κ2) is 8.11. The van der Waals surface area contributed by atoms with Gasteiger partial charge < -0.3 is 20.0 Å². The van der Waals surface area contributed by atoms with E-state index in [0.717, 1.165) is 5.56 Å². The molecule has 5 nitrogen and oxygen atoms in total. The molecule has 0 unspecified atom stereocenters. The first-order valence-electron chi connectivity index (χ1n) is 9.01. The minimum absolute atomic E-state index is 0.00881. The maximum absolute atomic E-state index is 12.1. The summed E-state index contributed by atoms with van der Waals surface area (Å²) in [5.74, 6) is -1.40. The highest BCUT2D eigenvalue weighted by Gasteiger charge is 2.24. The number of benzene rings is 1. The van der Waals surface area contributed by atoms with Gasteiger partial charge in [0.2, 0.25) is 0 Å². The average molecular weight is 362 g/mol. The number of carboxylic acid groups (broad SMARTS) is 1. The van der Waals surface area contributed by atoms with Crippen molar-refractivity contribution in [2.24, 2.45) is 5.92 Å². The highest BCUT2D eigenvalue weighted by atomic mass is 16.5. The van der Waals surface area contributed by atoms with Gasteiger partial charge in [0.15, 0.2) is 6.61 Å². The Morgan fingerprint density at radius 2 is 1.65 bits per heavy atom. The minimum atomic E-state index is -1.29. The van der Waals surface area contributed by atoms with Crippen LogP contribution in [0.3, 0.4) is 0 Å². The van der Waals surface area contributed by atoms with Crippen LogP contribution in [0.2, 0.25) is 0 Å². The number of aliphatic carboxylic acids is 1. The average Bonchev–Trinajstić information content (AvgIpc) is 2.47. The summed E-state index contributed by atoms with van der Waals surface area (Å²) in [5.41, 5.74) is 2.06. The van der Waals surface area contributed by atoms with Gasteiger partial charge in [-0.1, -0.05) is 67.5 Å². The van der Waals surface area contributed by atoms with Gasteiger partial charge in [-0.25, -0.2) is 0 Å². The van der Waals surface area contributed by atoms with Gasteiger partial charge in [-0.3, -0.25) is 4.79 Å². The lowest BCUT2D eigenvalue weighted by atomic mass is 9.80. The second-order valence-electron chi connectivity index (χ2n) is 9.11. The molecule has 0 heterocycles. The lowest BCUT2D eigenvalue weighted by molar-refractivity contribution is -0.309. The molecule has 0 aliphatic carbocycles. The third kappa shape index (κ3) is 6.04. The maximum Gasteiger partial charge on any atom is 0.258 e. The van der Waals surface area contributed by atoms with Gasteiger partial charge in [0.25, 0.3) is 5.91 Å². The Balaban J connectivity index is 2.96. The molecule has 0 aliphatic rings. The maximum atomic E-state index is 12.1. The van der Waals surface area contributed by atoms with Crippen molar-refractivity contribution in [1.82, 2.24) is 5.32 Å². The smallest absolute Gasteiger partial charge is 0.258 e. The van der Waals surface area contributed by atoms with E-state index in [4.69, 9.17) is 4.74 Å². The number of nitrogens with one attached hydrogen (secondary N) is 1. The first kappa shape index (κ1) is 22.0. The topological polar surface area (TPSA) is 78.5 Å². The molecule has 0 saturated heterocycles. The summed E-state index contributed by atoms with van der Waals surface area (Å²) in [6.45, 7) is 15.9. The number of carboxylic acids is 1. The molecule has 146 valence electrons. The van der Waals surface area contributed by atoms with Gasteiger partial charge in [0, 0.05) is 0 Å². The predicted molar refractivity (Wildman–Crippen MR) is 101 cm³/mol. The first-order chi connectivity index (χ1) is 11.7. The fraction of sp³-hybridized carbons (Fsp3) is 0.619. The SMILES string of the molecule is CC(C)[C@H](NC(=O)COc1ccc(C(C)(C)C)cc1C(C)(C)C)C(=O)[O-]. The van der Waals surface area contributed by atoms with Crippen LogP contribution in [-0.2, 0) is 20.4 Å². The fourth-order valence-corrected chi connectivity index (χ4v) is 2.56. The van der Waals surface area contributed by atoms with Crippen LogP contribution < -0.4 is 15.2 Å². The highest BCUT2D eigenvalue weighted by molar-refractivity contribution is 5.83. The molecular weight excluding hydrogens is 330 g/mol. The van der Waals surface area contributed by atoms with E-state index in [0.29, 0.717) is 5.75 Å². The zero-order valence-electron chi connectivity index (χ0n) is 17.2. The van der Waals surface area contributed by atoms with Gasteiger partial charge in [-0.2, -0.15) is 0 Å². The Morgan fingerprint density at radius 3 is 2.08 bits per heavy atom. The molecule has 1 rings (SSSR count). The number of hydrogen-bond acceptors (Lipinski definition) is 4. The predicted octanol–water partition coefficient (Wildman–Crippen LogP) is 2.55. The molecule has 0 spiro atoms. The van der Waals surface area contributed by atoms with Gasteiger partial charge in [-0.05, 0) is 33.9 Å². The molecule has 1 aromatic carbocycles. The van der Waals surface area contributed by atoms with E-state index in [9.17, 15) is 14.7 Å². The van der Waals surface area contributed by atoms with Crippen LogP contribution in [0.5, 0.6) is 5.75 Å². The summed E-state index contributed by atoms with van der Waals surface area (Å²) in [6.07, 6.45) is 0. The Hall–Kier alpha value is -2.04. The molecule has 0 saturated carbocycles. The van der Waals surface area contributed by atoms with Crippen molar-refractivity contribution in [1.29, 1.82) is 0 Å². The lowest BCUT2D eigenvalue weighted by Crippen LogP contribution is -2.51. The van der Waals surface area contributed by atoms with E-state index in [-0.39, 0.29) is 23.4 Å². The standard InChI is InChI=1S/C21H33NO4/c1-13(2)18(19(24)25)22-17(23)12-26-16-10-9-14(20(3,4)5)11-15(16)21(6,7)8/h9-11,13,18H,12H2,1-8H3,(H,22,23)(H,24,25)/p-1/t18-/m0/s1. The van der Waals surface area contributed by atoms with Crippen molar-refractivity contribution >= 4 is 11.9 Å². The highest BCUT2D eigenvalue weighted by Crippen LogP contribution is 2.35. The quantitative estimate of drug-likeness (QED) is 0.843.